The molecule has 0 radical (unpaired) electrons. The number of carbonyl (C=O) groups is 2. The van der Waals surface area contributed by atoms with Gasteiger partial charge in [-0.15, -0.1) is 0 Å². The Kier molecular flexibility index (Phi) is 4.73. The number of aliphatic imine (C=N–C) groups is 1. The summed E-state index contributed by atoms with van der Waals surface area (Å²) in [5.74, 6) is -5.78. The minimum Gasteiger partial charge on any atom is -0.474 e. The highest BCUT2D eigenvalue weighted by Crippen LogP contribution is 2.26. The van der Waals surface area contributed by atoms with E-state index in [4.69, 9.17) is 5.11 Å². The van der Waals surface area contributed by atoms with E-state index in [-0.39, 0.29) is 17.9 Å². The Morgan fingerprint density at radius 2 is 2.00 bits per heavy atom. The van der Waals surface area contributed by atoms with Crippen LogP contribution in [-0.2, 0) is 15.5 Å². The molecule has 1 amide bonds. The van der Waals surface area contributed by atoms with Gasteiger partial charge in [0.05, 0.1) is 13.1 Å². The lowest BCUT2D eigenvalue weighted by Crippen LogP contribution is -2.46. The molecule has 6 nitrogen and oxygen atoms in total. The second-order valence-corrected chi connectivity index (χ2v) is 4.97. The van der Waals surface area contributed by atoms with E-state index in [1.165, 1.54) is 37.4 Å². The van der Waals surface area contributed by atoms with Gasteiger partial charge in [-0.3, -0.25) is 9.69 Å². The summed E-state index contributed by atoms with van der Waals surface area (Å²) < 4.78 is 28.1. The number of benzene rings is 1. The summed E-state index contributed by atoms with van der Waals surface area (Å²) >= 11 is 0. The summed E-state index contributed by atoms with van der Waals surface area (Å²) in [7, 11) is 0. The van der Waals surface area contributed by atoms with Crippen molar-refractivity contribution in [3.8, 4) is 0 Å². The van der Waals surface area contributed by atoms with E-state index in [0.717, 1.165) is 4.90 Å². The van der Waals surface area contributed by atoms with Crippen LogP contribution in [0.25, 0.3) is 0 Å². The first-order valence-electron chi connectivity index (χ1n) is 6.77. The lowest BCUT2D eigenvalue weighted by atomic mass is 10.1. The minimum atomic E-state index is -3.12. The lowest BCUT2D eigenvalue weighted by molar-refractivity contribution is -0.154. The molecular formula is C15H15F2N3O3. The molecule has 122 valence electrons. The molecule has 0 atom stereocenters. The monoisotopic (exact) mass is 323 g/mol. The van der Waals surface area contributed by atoms with Crippen LogP contribution in [0.1, 0.15) is 12.5 Å². The predicted molar refractivity (Wildman–Crippen MR) is 78.9 cm³/mol. The fourth-order valence-electron chi connectivity index (χ4n) is 2.00. The Labute approximate surface area is 131 Å². The molecule has 1 aromatic carbocycles. The van der Waals surface area contributed by atoms with Gasteiger partial charge in [0.2, 0.25) is 0 Å². The summed E-state index contributed by atoms with van der Waals surface area (Å²) in [6.45, 7) is 0.607. The van der Waals surface area contributed by atoms with Gasteiger partial charge in [-0.25, -0.2) is 9.79 Å². The average Bonchev–Trinajstić information content (AvgIpc) is 2.54. The van der Waals surface area contributed by atoms with Crippen molar-refractivity contribution in [2.45, 2.75) is 12.8 Å². The molecule has 0 spiro atoms. The highest BCUT2D eigenvalue weighted by atomic mass is 19.3. The molecule has 1 heterocycles. The van der Waals surface area contributed by atoms with Crippen LogP contribution >= 0.6 is 0 Å². The number of carboxylic acids is 1. The summed E-state index contributed by atoms with van der Waals surface area (Å²) in [5, 5.41) is 11.2. The van der Waals surface area contributed by atoms with Crippen molar-refractivity contribution in [2.24, 2.45) is 4.99 Å². The number of rotatable bonds is 3. The Bertz CT molecular complexity index is 672. The van der Waals surface area contributed by atoms with Crippen molar-refractivity contribution >= 4 is 17.7 Å². The molecule has 2 N–H and O–H groups in total. The minimum absolute atomic E-state index is 0.0980. The molecule has 2 rings (SSSR count). The Hall–Kier alpha value is -2.77. The maximum absolute atomic E-state index is 14.1. The van der Waals surface area contributed by atoms with Crippen LogP contribution in [0.4, 0.5) is 8.78 Å². The van der Waals surface area contributed by atoms with Crippen LogP contribution in [0.5, 0.6) is 0 Å². The third-order valence-corrected chi connectivity index (χ3v) is 3.28. The van der Waals surface area contributed by atoms with Crippen LogP contribution < -0.4 is 5.32 Å². The summed E-state index contributed by atoms with van der Waals surface area (Å²) in [4.78, 5) is 27.2. The normalized spacial score (nSPS) is 14.8. The first-order valence-corrected chi connectivity index (χ1v) is 6.77. The van der Waals surface area contributed by atoms with Gasteiger partial charge >= 0.3 is 11.9 Å². The molecule has 0 saturated carbocycles. The molecule has 23 heavy (non-hydrogen) atoms. The number of alkyl halides is 2. The zero-order valence-electron chi connectivity index (χ0n) is 12.3. The lowest BCUT2D eigenvalue weighted by Gasteiger charge is -2.26. The fourth-order valence-corrected chi connectivity index (χ4v) is 2.00. The zero-order valence-corrected chi connectivity index (χ0v) is 12.3. The standard InChI is InChI=1S/C15H15F2N3O3/c1-10-7-18-12(8-20(10)13(21)14(22)23)19-9-15(16,17)11-5-3-2-4-6-11/h2-7H,8-9H2,1H3,(H,18,19)(H,22,23). The second-order valence-electron chi connectivity index (χ2n) is 4.97. The molecule has 0 aliphatic carbocycles. The summed E-state index contributed by atoms with van der Waals surface area (Å²) in [5.41, 5.74) is 0.187. The van der Waals surface area contributed by atoms with Crippen molar-refractivity contribution in [3.05, 3.63) is 47.8 Å². The summed E-state index contributed by atoms with van der Waals surface area (Å²) in [6, 6.07) is 7.30. The maximum Gasteiger partial charge on any atom is 0.394 e. The molecular weight excluding hydrogens is 308 g/mol. The average molecular weight is 323 g/mol. The van der Waals surface area contributed by atoms with Gasteiger partial charge in [0.25, 0.3) is 5.92 Å². The molecule has 0 aromatic heterocycles. The summed E-state index contributed by atoms with van der Waals surface area (Å²) in [6.07, 6.45) is 1.26. The zero-order chi connectivity index (χ0) is 17.0. The first kappa shape index (κ1) is 16.6. The number of hydrogen-bond donors (Lipinski definition) is 2. The van der Waals surface area contributed by atoms with Gasteiger partial charge in [0.1, 0.15) is 5.84 Å². The van der Waals surface area contributed by atoms with Crippen LogP contribution in [0.3, 0.4) is 0 Å². The molecule has 1 aliphatic rings. The number of amidine groups is 1. The van der Waals surface area contributed by atoms with E-state index >= 15 is 0 Å². The van der Waals surface area contributed by atoms with E-state index in [1.807, 2.05) is 0 Å². The van der Waals surface area contributed by atoms with E-state index in [2.05, 4.69) is 10.3 Å². The highest BCUT2D eigenvalue weighted by molar-refractivity contribution is 6.32. The van der Waals surface area contributed by atoms with Gasteiger partial charge in [-0.05, 0) is 6.92 Å². The number of carboxylic acid groups (broad SMARTS) is 1. The topological polar surface area (TPSA) is 82.0 Å². The number of aliphatic carboxylic acids is 1. The fraction of sp³-hybridized carbons (Fsp3) is 0.267. The largest absolute Gasteiger partial charge is 0.474 e. The van der Waals surface area contributed by atoms with Gasteiger partial charge in [0, 0.05) is 17.5 Å². The number of hydrogen-bond acceptors (Lipinski definition) is 4. The van der Waals surface area contributed by atoms with Crippen LogP contribution in [0, 0.1) is 0 Å². The predicted octanol–water partition coefficient (Wildman–Crippen LogP) is 1.55. The number of allylic oxidation sites excluding steroid dienone is 1. The number of halogens is 2. The van der Waals surface area contributed by atoms with E-state index < -0.39 is 24.3 Å². The maximum atomic E-state index is 14.1. The Morgan fingerprint density at radius 3 is 2.61 bits per heavy atom. The molecule has 0 saturated heterocycles. The first-order chi connectivity index (χ1) is 10.8. The van der Waals surface area contributed by atoms with Gasteiger partial charge in [-0.1, -0.05) is 30.3 Å². The number of carbonyl (C=O) groups excluding carboxylic acids is 1. The number of nitrogens with one attached hydrogen (secondary N) is 1. The van der Waals surface area contributed by atoms with Crippen molar-refractivity contribution in [1.29, 1.82) is 0 Å². The van der Waals surface area contributed by atoms with Crippen molar-refractivity contribution in [3.63, 3.8) is 0 Å². The molecule has 0 fully saturated rings. The molecule has 8 heteroatoms. The van der Waals surface area contributed by atoms with Crippen LogP contribution in [0.2, 0.25) is 0 Å². The molecule has 1 aliphatic heterocycles. The van der Waals surface area contributed by atoms with Crippen molar-refractivity contribution < 1.29 is 23.5 Å². The quantitative estimate of drug-likeness (QED) is 0.827. The highest BCUT2D eigenvalue weighted by Gasteiger charge is 2.32. The van der Waals surface area contributed by atoms with E-state index in [9.17, 15) is 18.4 Å². The smallest absolute Gasteiger partial charge is 0.394 e. The molecule has 0 unspecified atom stereocenters. The van der Waals surface area contributed by atoms with Crippen molar-refractivity contribution in [2.75, 3.05) is 13.1 Å². The molecule has 1 aromatic rings. The van der Waals surface area contributed by atoms with Gasteiger partial charge < -0.3 is 10.4 Å². The van der Waals surface area contributed by atoms with E-state index in [1.54, 1.807) is 6.07 Å². The van der Waals surface area contributed by atoms with Gasteiger partial charge in [-0.2, -0.15) is 8.78 Å². The third kappa shape index (κ3) is 3.91. The van der Waals surface area contributed by atoms with E-state index in [0.29, 0.717) is 5.70 Å². The number of nitrogens with zero attached hydrogens (tertiary/aromatic N) is 2. The van der Waals surface area contributed by atoms with Crippen LogP contribution in [0.15, 0.2) is 47.2 Å². The van der Waals surface area contributed by atoms with Crippen molar-refractivity contribution in [1.82, 2.24) is 10.2 Å². The third-order valence-electron chi connectivity index (χ3n) is 3.28. The Balaban J connectivity index is 2.04. The SMILES string of the molecule is CC1=CN=C(NCC(F)(F)c2ccccc2)CN1C(=O)C(=O)O. The van der Waals surface area contributed by atoms with Gasteiger partial charge in [0.15, 0.2) is 0 Å². The second kappa shape index (κ2) is 6.55. The Morgan fingerprint density at radius 1 is 1.35 bits per heavy atom. The molecule has 0 bridgehead atoms. The number of amides is 1. The van der Waals surface area contributed by atoms with Crippen LogP contribution in [-0.4, -0.2) is 40.8 Å².